The van der Waals surface area contributed by atoms with Gasteiger partial charge in [-0.2, -0.15) is 71.1 Å². The first-order valence-corrected chi connectivity index (χ1v) is 11.8. The van der Waals surface area contributed by atoms with E-state index in [0.29, 0.717) is 9.80 Å². The zero-order chi connectivity index (χ0) is 34.7. The van der Waals surface area contributed by atoms with E-state index in [1.165, 1.54) is 6.92 Å². The van der Waals surface area contributed by atoms with E-state index in [9.17, 15) is 80.2 Å². The van der Waals surface area contributed by atoms with Crippen LogP contribution in [-0.4, -0.2) is 99.0 Å². The fraction of sp³-hybridized carbons (Fsp3) is 0.591. The van der Waals surface area contributed by atoms with Crippen LogP contribution in [0.4, 0.5) is 76.3 Å². The predicted octanol–water partition coefficient (Wildman–Crippen LogP) is 4.76. The Hall–Kier alpha value is -4.00. The number of imide groups is 1. The first-order chi connectivity index (χ1) is 20.1. The highest BCUT2D eigenvalue weighted by atomic mass is 19.4. The number of likely N-dealkylation sites (tertiary alicyclic amines) is 1. The molecule has 3 fully saturated rings. The molecule has 3 aliphatic heterocycles. The Morgan fingerprint density at radius 2 is 1.38 bits per heavy atom. The molecule has 3 aliphatic rings. The molecule has 2 unspecified atom stereocenters. The monoisotopic (exact) mass is 679 g/mol. The van der Waals surface area contributed by atoms with Gasteiger partial charge >= 0.3 is 47.7 Å². The minimum Gasteiger partial charge on any atom is -0.330 e. The molecule has 45 heavy (non-hydrogen) atoms. The summed E-state index contributed by atoms with van der Waals surface area (Å²) in [5.74, 6) is -53.7. The van der Waals surface area contributed by atoms with Crippen molar-refractivity contribution in [1.29, 1.82) is 5.26 Å². The summed E-state index contributed by atoms with van der Waals surface area (Å²) in [5, 5.41) is 8.97. The van der Waals surface area contributed by atoms with Crippen molar-refractivity contribution in [3.05, 3.63) is 23.5 Å². The van der Waals surface area contributed by atoms with Gasteiger partial charge in [0.2, 0.25) is 0 Å². The standard InChI is InChI=1S/C22H12F15N5O3/c1-7-2-8(5-39-10(7)4-38)42-13(43)12-11-3-9(41(12)15(42)45)6-40(11)14(44)16(23,24)17(25,26)18(27,28)19(29,30)20(31,32)21(33,34)22(35,36)37/h2,5,9,11-12H,3,6H2,1H3/t9?,11?,12-/m1/s1. The smallest absolute Gasteiger partial charge is 0.330 e. The third-order valence-electron chi connectivity index (χ3n) is 7.55. The quantitative estimate of drug-likeness (QED) is 0.306. The van der Waals surface area contributed by atoms with Gasteiger partial charge in [-0.15, -0.1) is 0 Å². The molecule has 1 aromatic rings. The number of pyridine rings is 1. The molecular formula is C22H12F15N5O3. The molecule has 3 atom stereocenters. The van der Waals surface area contributed by atoms with Gasteiger partial charge in [-0.25, -0.2) is 14.7 Å². The van der Waals surface area contributed by atoms with Crippen LogP contribution >= 0.6 is 0 Å². The van der Waals surface area contributed by atoms with Crippen molar-refractivity contribution < 1.29 is 80.2 Å². The number of urea groups is 1. The number of fused-ring (bicyclic) bond motifs is 5. The fourth-order valence-corrected chi connectivity index (χ4v) is 5.21. The van der Waals surface area contributed by atoms with Crippen LogP contribution in [-0.2, 0) is 9.59 Å². The highest BCUT2D eigenvalue weighted by molar-refractivity contribution is 6.22. The van der Waals surface area contributed by atoms with Crippen LogP contribution in [0.1, 0.15) is 17.7 Å². The lowest BCUT2D eigenvalue weighted by Gasteiger charge is -2.42. The predicted molar refractivity (Wildman–Crippen MR) is 112 cm³/mol. The Morgan fingerprint density at radius 3 is 1.87 bits per heavy atom. The average molecular weight is 679 g/mol. The molecule has 8 nitrogen and oxygen atoms in total. The summed E-state index contributed by atoms with van der Waals surface area (Å²) >= 11 is 0. The van der Waals surface area contributed by atoms with E-state index in [-0.39, 0.29) is 16.9 Å². The molecule has 0 saturated carbocycles. The van der Waals surface area contributed by atoms with Gasteiger partial charge < -0.3 is 9.80 Å². The Morgan fingerprint density at radius 1 is 0.867 bits per heavy atom. The maximum atomic E-state index is 14.7. The van der Waals surface area contributed by atoms with Crippen LogP contribution in [0.25, 0.3) is 0 Å². The zero-order valence-corrected chi connectivity index (χ0v) is 21.4. The van der Waals surface area contributed by atoms with Gasteiger partial charge in [0.1, 0.15) is 17.8 Å². The summed E-state index contributed by atoms with van der Waals surface area (Å²) in [6.45, 7) is 0.0838. The number of halogens is 15. The number of piperazine rings is 1. The van der Waals surface area contributed by atoms with Crippen LogP contribution in [0.5, 0.6) is 0 Å². The largest absolute Gasteiger partial charge is 0.460 e. The summed E-state index contributed by atoms with van der Waals surface area (Å²) in [5.41, 5.74) is -0.329. The third kappa shape index (κ3) is 4.08. The number of hydrogen-bond donors (Lipinski definition) is 0. The number of aromatic nitrogens is 1. The van der Waals surface area contributed by atoms with E-state index in [4.69, 9.17) is 5.26 Å². The summed E-state index contributed by atoms with van der Waals surface area (Å²) in [6, 6.07) is -3.89. The number of carbonyl (C=O) groups excluding carboxylic acids is 3. The summed E-state index contributed by atoms with van der Waals surface area (Å²) < 4.78 is 204. The van der Waals surface area contributed by atoms with Crippen molar-refractivity contribution in [2.45, 2.75) is 73.2 Å². The lowest BCUT2D eigenvalue weighted by molar-refractivity contribution is -0.450. The lowest BCUT2D eigenvalue weighted by Crippen LogP contribution is -2.74. The molecule has 0 aromatic carbocycles. The Balaban J connectivity index is 1.66. The number of anilines is 1. The number of aryl methyl sites for hydroxylation is 1. The van der Waals surface area contributed by atoms with Crippen LogP contribution in [0, 0.1) is 18.3 Å². The number of carbonyl (C=O) groups is 3. The molecule has 4 amide bonds. The second kappa shape index (κ2) is 9.51. The van der Waals surface area contributed by atoms with Gasteiger partial charge in [-0.05, 0) is 25.0 Å². The van der Waals surface area contributed by atoms with Crippen molar-refractivity contribution in [3.63, 3.8) is 0 Å². The van der Waals surface area contributed by atoms with Crippen LogP contribution in [0.3, 0.4) is 0 Å². The first kappa shape index (κ1) is 33.9. The number of rotatable bonds is 7. The zero-order valence-electron chi connectivity index (χ0n) is 21.4. The van der Waals surface area contributed by atoms with E-state index in [1.54, 1.807) is 6.07 Å². The van der Waals surface area contributed by atoms with Crippen LogP contribution < -0.4 is 4.90 Å². The van der Waals surface area contributed by atoms with Gasteiger partial charge in [-0.1, -0.05) is 0 Å². The minimum atomic E-state index is -8.56. The van der Waals surface area contributed by atoms with Gasteiger partial charge in [0.25, 0.3) is 11.8 Å². The molecule has 2 bridgehead atoms. The second-order valence-corrected chi connectivity index (χ2v) is 10.1. The minimum absolute atomic E-state index is 0.126. The number of alkyl halides is 15. The number of hydrogen-bond acceptors (Lipinski definition) is 5. The maximum absolute atomic E-state index is 14.7. The van der Waals surface area contributed by atoms with Crippen LogP contribution in [0.15, 0.2) is 12.3 Å². The molecule has 1 aromatic heterocycles. The molecule has 0 spiro atoms. The van der Waals surface area contributed by atoms with E-state index in [2.05, 4.69) is 4.98 Å². The van der Waals surface area contributed by atoms with E-state index in [0.717, 1.165) is 12.3 Å². The molecule has 0 aliphatic carbocycles. The average Bonchev–Trinajstić information content (AvgIpc) is 3.57. The topological polar surface area (TPSA) is 97.6 Å². The van der Waals surface area contributed by atoms with Crippen molar-refractivity contribution >= 4 is 23.5 Å². The van der Waals surface area contributed by atoms with Crippen LogP contribution in [0.2, 0.25) is 0 Å². The summed E-state index contributed by atoms with van der Waals surface area (Å²) in [7, 11) is 0. The van der Waals surface area contributed by atoms with Crippen molar-refractivity contribution in [3.8, 4) is 6.07 Å². The van der Waals surface area contributed by atoms with E-state index in [1.807, 2.05) is 0 Å². The summed E-state index contributed by atoms with van der Waals surface area (Å²) in [6.07, 6.45) is -7.57. The summed E-state index contributed by atoms with van der Waals surface area (Å²) in [4.78, 5) is 42.8. The van der Waals surface area contributed by atoms with Gasteiger partial charge in [0.05, 0.1) is 24.0 Å². The Kier molecular flexibility index (Phi) is 7.16. The van der Waals surface area contributed by atoms with Gasteiger partial charge in [-0.3, -0.25) is 9.59 Å². The highest BCUT2D eigenvalue weighted by Gasteiger charge is 2.94. The lowest BCUT2D eigenvalue weighted by atomic mass is 9.90. The number of nitrogens with zero attached hydrogens (tertiary/aromatic N) is 5. The third-order valence-corrected chi connectivity index (χ3v) is 7.55. The van der Waals surface area contributed by atoms with Crippen molar-refractivity contribution in [1.82, 2.24) is 14.8 Å². The number of nitriles is 1. The molecular weight excluding hydrogens is 667 g/mol. The first-order valence-electron chi connectivity index (χ1n) is 11.8. The van der Waals surface area contributed by atoms with Gasteiger partial charge in [0.15, 0.2) is 0 Å². The van der Waals surface area contributed by atoms with E-state index >= 15 is 0 Å². The number of amides is 4. The molecule has 248 valence electrons. The molecule has 4 rings (SSSR count). The van der Waals surface area contributed by atoms with E-state index < -0.39 is 95.5 Å². The highest BCUT2D eigenvalue weighted by Crippen LogP contribution is 2.62. The fourth-order valence-electron chi connectivity index (χ4n) is 5.21. The SMILES string of the molecule is Cc1cc(N2C(=O)[C@H]3C4CC(CN4C(=O)C(F)(F)C(F)(F)C(F)(F)C(F)(F)C(F)(F)C(F)(F)C(F)(F)F)N3C2=O)cnc1C#N. The molecule has 3 saturated heterocycles. The Bertz CT molecular complexity index is 1510. The van der Waals surface area contributed by atoms with Crippen molar-refractivity contribution in [2.24, 2.45) is 0 Å². The normalized spacial score (nSPS) is 23.2. The maximum Gasteiger partial charge on any atom is 0.460 e. The van der Waals surface area contributed by atoms with Crippen molar-refractivity contribution in [2.75, 3.05) is 11.4 Å². The molecule has 4 heterocycles. The molecule has 0 N–H and O–H groups in total. The Labute approximate surface area is 238 Å². The second-order valence-electron chi connectivity index (χ2n) is 10.1. The molecule has 0 radical (unpaired) electrons. The van der Waals surface area contributed by atoms with Gasteiger partial charge in [0, 0.05) is 6.54 Å². The molecule has 23 heteroatoms.